The molecule has 0 amide bonds. The van der Waals surface area contributed by atoms with Crippen molar-refractivity contribution >= 4 is 5.97 Å². The van der Waals surface area contributed by atoms with Gasteiger partial charge in [-0.25, -0.2) is 0 Å². The molecule has 1 aromatic heterocycles. The highest BCUT2D eigenvalue weighted by atomic mass is 16.4. The Bertz CT molecular complexity index is 316. The number of aromatic nitrogens is 1. The Balaban J connectivity index is 2.62. The van der Waals surface area contributed by atoms with E-state index in [-0.39, 0.29) is 12.2 Å². The normalized spacial score (nSPS) is 10.1. The number of pyridine rings is 1. The van der Waals surface area contributed by atoms with Crippen LogP contribution >= 0.6 is 0 Å². The van der Waals surface area contributed by atoms with Crippen LogP contribution in [0.5, 0.6) is 5.75 Å². The number of nitrogens with zero attached hydrogens (tertiary/aromatic N) is 1. The maximum atomic E-state index is 10.3. The van der Waals surface area contributed by atoms with Gasteiger partial charge in [-0.3, -0.25) is 9.78 Å². The van der Waals surface area contributed by atoms with Crippen LogP contribution in [-0.4, -0.2) is 21.2 Å². The van der Waals surface area contributed by atoms with E-state index < -0.39 is 5.97 Å². The van der Waals surface area contributed by atoms with Crippen molar-refractivity contribution in [2.24, 2.45) is 0 Å². The molecule has 1 rings (SSSR count). The first-order chi connectivity index (χ1) is 6.61. The van der Waals surface area contributed by atoms with E-state index in [1.165, 1.54) is 6.20 Å². The van der Waals surface area contributed by atoms with Gasteiger partial charge in [-0.05, 0) is 30.9 Å². The van der Waals surface area contributed by atoms with Crippen LogP contribution in [-0.2, 0) is 11.2 Å². The first-order valence-corrected chi connectivity index (χ1v) is 4.45. The molecule has 14 heavy (non-hydrogen) atoms. The average molecular weight is 195 g/mol. The number of aliphatic carboxylic acids is 1. The topological polar surface area (TPSA) is 70.4 Å². The van der Waals surface area contributed by atoms with E-state index in [4.69, 9.17) is 5.11 Å². The van der Waals surface area contributed by atoms with Crippen LogP contribution < -0.4 is 0 Å². The van der Waals surface area contributed by atoms with Gasteiger partial charge in [-0.2, -0.15) is 0 Å². The van der Waals surface area contributed by atoms with Gasteiger partial charge in [0.25, 0.3) is 0 Å². The highest BCUT2D eigenvalue weighted by Crippen LogP contribution is 2.20. The number of rotatable bonds is 4. The van der Waals surface area contributed by atoms with Gasteiger partial charge in [0.15, 0.2) is 0 Å². The Labute approximate surface area is 82.2 Å². The standard InChI is InChI=1S/C10H13NO3/c1-7-5-11-6-9(12)8(7)3-2-4-10(13)14/h5-6,12H,2-4H2,1H3,(H,13,14). The molecule has 0 saturated heterocycles. The maximum absolute atomic E-state index is 10.3. The molecule has 1 aromatic rings. The van der Waals surface area contributed by atoms with Gasteiger partial charge in [-0.1, -0.05) is 0 Å². The van der Waals surface area contributed by atoms with Crippen molar-refractivity contribution in [2.45, 2.75) is 26.2 Å². The van der Waals surface area contributed by atoms with E-state index in [1.807, 2.05) is 6.92 Å². The maximum Gasteiger partial charge on any atom is 0.303 e. The monoisotopic (exact) mass is 195 g/mol. The fraction of sp³-hybridized carbons (Fsp3) is 0.400. The number of aryl methyl sites for hydroxylation is 1. The molecule has 0 spiro atoms. The number of aromatic hydroxyl groups is 1. The SMILES string of the molecule is Cc1cncc(O)c1CCCC(=O)O. The Morgan fingerprint density at radius 2 is 2.21 bits per heavy atom. The summed E-state index contributed by atoms with van der Waals surface area (Å²) in [5.74, 6) is -0.661. The van der Waals surface area contributed by atoms with E-state index in [1.54, 1.807) is 6.20 Å². The van der Waals surface area contributed by atoms with Crippen molar-refractivity contribution in [1.82, 2.24) is 4.98 Å². The van der Waals surface area contributed by atoms with Crippen molar-refractivity contribution in [1.29, 1.82) is 0 Å². The molecule has 0 aliphatic heterocycles. The Kier molecular flexibility index (Phi) is 3.45. The molecule has 0 fully saturated rings. The molecule has 4 nitrogen and oxygen atoms in total. The largest absolute Gasteiger partial charge is 0.506 e. The van der Waals surface area contributed by atoms with Gasteiger partial charge in [-0.15, -0.1) is 0 Å². The summed E-state index contributed by atoms with van der Waals surface area (Å²) in [5.41, 5.74) is 1.69. The van der Waals surface area contributed by atoms with Crippen LogP contribution in [0.15, 0.2) is 12.4 Å². The molecule has 4 heteroatoms. The highest BCUT2D eigenvalue weighted by Gasteiger charge is 2.05. The lowest BCUT2D eigenvalue weighted by atomic mass is 10.0. The van der Waals surface area contributed by atoms with Crippen LogP contribution in [0.4, 0.5) is 0 Å². The molecule has 0 radical (unpaired) electrons. The molecule has 76 valence electrons. The third kappa shape index (κ3) is 2.73. The second-order valence-electron chi connectivity index (χ2n) is 3.20. The number of hydrogen-bond donors (Lipinski definition) is 2. The molecule has 0 aliphatic carbocycles. The summed E-state index contributed by atoms with van der Waals surface area (Å²) in [6.07, 6.45) is 4.28. The van der Waals surface area contributed by atoms with Crippen LogP contribution in [0.2, 0.25) is 0 Å². The Morgan fingerprint density at radius 3 is 2.79 bits per heavy atom. The summed E-state index contributed by atoms with van der Waals surface area (Å²) in [5, 5.41) is 17.9. The first kappa shape index (κ1) is 10.5. The van der Waals surface area contributed by atoms with Crippen LogP contribution in [0, 0.1) is 6.92 Å². The summed E-state index contributed by atoms with van der Waals surface area (Å²) in [4.78, 5) is 14.1. The Hall–Kier alpha value is -1.58. The van der Waals surface area contributed by atoms with Gasteiger partial charge < -0.3 is 10.2 Å². The minimum absolute atomic E-state index is 0.126. The van der Waals surface area contributed by atoms with Gasteiger partial charge >= 0.3 is 5.97 Å². The molecule has 0 aromatic carbocycles. The summed E-state index contributed by atoms with van der Waals surface area (Å²) >= 11 is 0. The number of carboxylic acids is 1. The lowest BCUT2D eigenvalue weighted by molar-refractivity contribution is -0.137. The van der Waals surface area contributed by atoms with E-state index in [0.29, 0.717) is 12.8 Å². The van der Waals surface area contributed by atoms with E-state index in [0.717, 1.165) is 11.1 Å². The third-order valence-electron chi connectivity index (χ3n) is 2.07. The molecule has 0 bridgehead atoms. The average Bonchev–Trinajstić information content (AvgIpc) is 2.09. The number of hydrogen-bond acceptors (Lipinski definition) is 3. The van der Waals surface area contributed by atoms with Crippen molar-refractivity contribution in [3.8, 4) is 5.75 Å². The molecule has 2 N–H and O–H groups in total. The predicted octanol–water partition coefficient (Wildman–Crippen LogP) is 1.50. The number of carboxylic acid groups (broad SMARTS) is 1. The summed E-state index contributed by atoms with van der Waals surface area (Å²) in [7, 11) is 0. The van der Waals surface area contributed by atoms with Gasteiger partial charge in [0.05, 0.1) is 6.20 Å². The lowest BCUT2D eigenvalue weighted by Gasteiger charge is -2.05. The van der Waals surface area contributed by atoms with E-state index in [2.05, 4.69) is 4.98 Å². The van der Waals surface area contributed by atoms with E-state index in [9.17, 15) is 9.90 Å². The van der Waals surface area contributed by atoms with Crippen LogP contribution in [0.25, 0.3) is 0 Å². The molecule has 0 saturated carbocycles. The zero-order chi connectivity index (χ0) is 10.6. The van der Waals surface area contributed by atoms with Gasteiger partial charge in [0.1, 0.15) is 5.75 Å². The zero-order valence-corrected chi connectivity index (χ0v) is 8.03. The van der Waals surface area contributed by atoms with Crippen molar-refractivity contribution in [2.75, 3.05) is 0 Å². The number of carbonyl (C=O) groups is 1. The molecular formula is C10H13NO3. The minimum Gasteiger partial charge on any atom is -0.506 e. The molecular weight excluding hydrogens is 182 g/mol. The summed E-state index contributed by atoms with van der Waals surface area (Å²) in [6, 6.07) is 0. The fourth-order valence-corrected chi connectivity index (χ4v) is 1.32. The van der Waals surface area contributed by atoms with Crippen LogP contribution in [0.3, 0.4) is 0 Å². The summed E-state index contributed by atoms with van der Waals surface area (Å²) < 4.78 is 0. The lowest BCUT2D eigenvalue weighted by Crippen LogP contribution is -1.97. The molecule has 0 atom stereocenters. The van der Waals surface area contributed by atoms with Crippen molar-refractivity contribution in [3.63, 3.8) is 0 Å². The predicted molar refractivity (Wildman–Crippen MR) is 51.2 cm³/mol. The molecule has 0 unspecified atom stereocenters. The first-order valence-electron chi connectivity index (χ1n) is 4.45. The van der Waals surface area contributed by atoms with Crippen LogP contribution in [0.1, 0.15) is 24.0 Å². The third-order valence-corrected chi connectivity index (χ3v) is 2.07. The second kappa shape index (κ2) is 4.60. The molecule has 0 aliphatic rings. The Morgan fingerprint density at radius 1 is 1.50 bits per heavy atom. The van der Waals surface area contributed by atoms with Gasteiger partial charge in [0, 0.05) is 12.6 Å². The molecule has 1 heterocycles. The quantitative estimate of drug-likeness (QED) is 0.763. The smallest absolute Gasteiger partial charge is 0.303 e. The fourth-order valence-electron chi connectivity index (χ4n) is 1.32. The van der Waals surface area contributed by atoms with E-state index >= 15 is 0 Å². The second-order valence-corrected chi connectivity index (χ2v) is 3.20. The highest BCUT2D eigenvalue weighted by molar-refractivity contribution is 5.66. The zero-order valence-electron chi connectivity index (χ0n) is 8.03. The van der Waals surface area contributed by atoms with Gasteiger partial charge in [0.2, 0.25) is 0 Å². The summed E-state index contributed by atoms with van der Waals surface area (Å²) in [6.45, 7) is 1.85. The van der Waals surface area contributed by atoms with Crippen molar-refractivity contribution < 1.29 is 15.0 Å². The van der Waals surface area contributed by atoms with Crippen molar-refractivity contribution in [3.05, 3.63) is 23.5 Å². The minimum atomic E-state index is -0.809.